The van der Waals surface area contributed by atoms with E-state index in [1.807, 2.05) is 36.4 Å². The van der Waals surface area contributed by atoms with Crippen LogP contribution in [0.1, 0.15) is 22.3 Å². The van der Waals surface area contributed by atoms with Crippen molar-refractivity contribution in [3.8, 4) is 0 Å². The lowest BCUT2D eigenvalue weighted by atomic mass is 10.0. The summed E-state index contributed by atoms with van der Waals surface area (Å²) in [5.41, 5.74) is 2.97. The van der Waals surface area contributed by atoms with E-state index in [1.54, 1.807) is 60.9 Å². The minimum absolute atomic E-state index is 0.00655. The standard InChI is InChI=1S/C32H33FN4O4S/c1-42(40,41)36(22-27-10-6-3-7-11-27)24-31(38)37(23-28-12-14-29(33)15-13-28)30(20-25-8-4-2-5-9-25)32(39)35-21-26-16-18-34-19-17-26/h2-19,30H,20-24H2,1H3,(H,35,39)/t30-/m0/s1. The summed E-state index contributed by atoms with van der Waals surface area (Å²) in [4.78, 5) is 33.2. The topological polar surface area (TPSA) is 99.7 Å². The van der Waals surface area contributed by atoms with Crippen molar-refractivity contribution in [3.63, 3.8) is 0 Å². The molecule has 8 nitrogen and oxygen atoms in total. The summed E-state index contributed by atoms with van der Waals surface area (Å²) in [5.74, 6) is -1.39. The molecule has 0 spiro atoms. The van der Waals surface area contributed by atoms with Gasteiger partial charge >= 0.3 is 0 Å². The molecule has 0 saturated heterocycles. The van der Waals surface area contributed by atoms with Crippen LogP contribution in [0.3, 0.4) is 0 Å². The van der Waals surface area contributed by atoms with Gasteiger partial charge in [-0.25, -0.2) is 12.8 Å². The largest absolute Gasteiger partial charge is 0.350 e. The van der Waals surface area contributed by atoms with Gasteiger partial charge in [0, 0.05) is 38.4 Å². The maximum Gasteiger partial charge on any atom is 0.243 e. The fraction of sp³-hybridized carbons (Fsp3) is 0.219. The third-order valence-electron chi connectivity index (χ3n) is 6.74. The quantitative estimate of drug-likeness (QED) is 0.255. The van der Waals surface area contributed by atoms with Crippen LogP contribution in [0.2, 0.25) is 0 Å². The molecule has 0 aliphatic heterocycles. The van der Waals surface area contributed by atoms with Gasteiger partial charge in [-0.2, -0.15) is 4.31 Å². The minimum Gasteiger partial charge on any atom is -0.350 e. The van der Waals surface area contributed by atoms with Crippen LogP contribution in [-0.4, -0.2) is 53.3 Å². The van der Waals surface area contributed by atoms with Crippen molar-refractivity contribution in [2.24, 2.45) is 0 Å². The van der Waals surface area contributed by atoms with E-state index in [0.717, 1.165) is 27.3 Å². The Kier molecular flexibility index (Phi) is 10.5. The van der Waals surface area contributed by atoms with Crippen LogP contribution >= 0.6 is 0 Å². The third kappa shape index (κ3) is 9.05. The van der Waals surface area contributed by atoms with E-state index in [9.17, 15) is 22.4 Å². The van der Waals surface area contributed by atoms with Gasteiger partial charge in [0.2, 0.25) is 21.8 Å². The SMILES string of the molecule is CS(=O)(=O)N(CC(=O)N(Cc1ccc(F)cc1)[C@@H](Cc1ccccc1)C(=O)NCc1ccncc1)Cc1ccccc1. The highest BCUT2D eigenvalue weighted by Crippen LogP contribution is 2.18. The number of rotatable bonds is 13. The van der Waals surface area contributed by atoms with Crippen molar-refractivity contribution in [3.05, 3.63) is 138 Å². The smallest absolute Gasteiger partial charge is 0.243 e. The number of hydrogen-bond acceptors (Lipinski definition) is 5. The van der Waals surface area contributed by atoms with Gasteiger partial charge in [-0.1, -0.05) is 72.8 Å². The van der Waals surface area contributed by atoms with E-state index in [2.05, 4.69) is 10.3 Å². The maximum absolute atomic E-state index is 14.0. The van der Waals surface area contributed by atoms with Crippen molar-refractivity contribution in [2.75, 3.05) is 12.8 Å². The molecule has 1 heterocycles. The Bertz CT molecular complexity index is 1550. The number of pyridine rings is 1. The lowest BCUT2D eigenvalue weighted by Crippen LogP contribution is -2.53. The molecule has 1 aromatic heterocycles. The van der Waals surface area contributed by atoms with Crippen LogP contribution in [0.15, 0.2) is 109 Å². The summed E-state index contributed by atoms with van der Waals surface area (Å²) < 4.78 is 40.3. The van der Waals surface area contributed by atoms with Crippen LogP contribution in [0, 0.1) is 5.82 Å². The molecule has 4 aromatic rings. The average molecular weight is 589 g/mol. The number of hydrogen-bond donors (Lipinski definition) is 1. The monoisotopic (exact) mass is 588 g/mol. The molecule has 2 amide bonds. The first kappa shape index (κ1) is 30.5. The number of amides is 2. The molecule has 10 heteroatoms. The Hall–Kier alpha value is -4.41. The Labute approximate surface area is 245 Å². The van der Waals surface area contributed by atoms with Gasteiger partial charge in [-0.15, -0.1) is 0 Å². The molecule has 0 radical (unpaired) electrons. The number of carbonyl (C=O) groups is 2. The highest BCUT2D eigenvalue weighted by molar-refractivity contribution is 7.88. The lowest BCUT2D eigenvalue weighted by Gasteiger charge is -2.33. The van der Waals surface area contributed by atoms with Crippen molar-refractivity contribution in [1.29, 1.82) is 0 Å². The Morgan fingerprint density at radius 1 is 0.786 bits per heavy atom. The summed E-state index contributed by atoms with van der Waals surface area (Å²) in [7, 11) is -3.79. The fourth-order valence-corrected chi connectivity index (χ4v) is 5.20. The fourth-order valence-electron chi connectivity index (χ4n) is 4.47. The van der Waals surface area contributed by atoms with Gasteiger partial charge in [0.1, 0.15) is 11.9 Å². The molecule has 1 N–H and O–H groups in total. The molecular weight excluding hydrogens is 555 g/mol. The maximum atomic E-state index is 14.0. The number of nitrogens with one attached hydrogen (secondary N) is 1. The summed E-state index contributed by atoms with van der Waals surface area (Å²) in [5, 5.41) is 2.92. The first-order valence-electron chi connectivity index (χ1n) is 13.4. The zero-order valence-electron chi connectivity index (χ0n) is 23.3. The van der Waals surface area contributed by atoms with Crippen LogP contribution in [0.4, 0.5) is 4.39 Å². The number of halogens is 1. The zero-order valence-corrected chi connectivity index (χ0v) is 24.1. The van der Waals surface area contributed by atoms with Gasteiger partial charge < -0.3 is 10.2 Å². The number of aromatic nitrogens is 1. The molecule has 0 bridgehead atoms. The van der Waals surface area contributed by atoms with Crippen molar-refractivity contribution in [1.82, 2.24) is 19.5 Å². The predicted molar refractivity (Wildman–Crippen MR) is 159 cm³/mol. The van der Waals surface area contributed by atoms with Gasteiger partial charge in [0.05, 0.1) is 12.8 Å². The van der Waals surface area contributed by atoms with E-state index in [1.165, 1.54) is 17.0 Å². The highest BCUT2D eigenvalue weighted by atomic mass is 32.2. The Morgan fingerprint density at radius 2 is 1.36 bits per heavy atom. The van der Waals surface area contributed by atoms with E-state index in [4.69, 9.17) is 0 Å². The highest BCUT2D eigenvalue weighted by Gasteiger charge is 2.33. The Morgan fingerprint density at radius 3 is 1.95 bits per heavy atom. The van der Waals surface area contributed by atoms with Gasteiger partial charge in [0.25, 0.3) is 0 Å². The van der Waals surface area contributed by atoms with E-state index < -0.39 is 40.2 Å². The average Bonchev–Trinajstić information content (AvgIpc) is 2.99. The molecule has 42 heavy (non-hydrogen) atoms. The van der Waals surface area contributed by atoms with Gasteiger partial charge in [0.15, 0.2) is 0 Å². The van der Waals surface area contributed by atoms with Crippen molar-refractivity contribution < 1.29 is 22.4 Å². The second-order valence-corrected chi connectivity index (χ2v) is 11.9. The molecule has 3 aromatic carbocycles. The molecule has 0 unspecified atom stereocenters. The number of sulfonamides is 1. The van der Waals surface area contributed by atoms with Crippen LogP contribution in [-0.2, 0) is 45.7 Å². The molecule has 1 atom stereocenters. The molecular formula is C32H33FN4O4S. The second kappa shape index (κ2) is 14.5. The van der Waals surface area contributed by atoms with E-state index >= 15 is 0 Å². The zero-order chi connectivity index (χ0) is 30.0. The molecule has 0 saturated carbocycles. The van der Waals surface area contributed by atoms with Gasteiger partial charge in [-0.05, 0) is 46.5 Å². The molecule has 0 aliphatic carbocycles. The van der Waals surface area contributed by atoms with E-state index in [-0.39, 0.29) is 26.1 Å². The first-order valence-corrected chi connectivity index (χ1v) is 15.3. The molecule has 4 rings (SSSR count). The number of benzene rings is 3. The van der Waals surface area contributed by atoms with E-state index in [0.29, 0.717) is 5.56 Å². The van der Waals surface area contributed by atoms with Crippen molar-refractivity contribution in [2.45, 2.75) is 32.1 Å². The normalized spacial score (nSPS) is 12.1. The summed E-state index contributed by atoms with van der Waals surface area (Å²) in [6, 6.07) is 26.5. The minimum atomic E-state index is -3.79. The van der Waals surface area contributed by atoms with Crippen LogP contribution in [0.5, 0.6) is 0 Å². The number of carbonyl (C=O) groups excluding carboxylic acids is 2. The van der Waals surface area contributed by atoms with Gasteiger partial charge in [-0.3, -0.25) is 14.6 Å². The number of nitrogens with zero attached hydrogens (tertiary/aromatic N) is 3. The summed E-state index contributed by atoms with van der Waals surface area (Å²) >= 11 is 0. The lowest BCUT2D eigenvalue weighted by molar-refractivity contribution is -0.141. The first-order chi connectivity index (χ1) is 20.2. The second-order valence-electron chi connectivity index (χ2n) is 9.94. The summed E-state index contributed by atoms with van der Waals surface area (Å²) in [6.07, 6.45) is 4.49. The molecule has 218 valence electrons. The summed E-state index contributed by atoms with van der Waals surface area (Å²) in [6.45, 7) is -0.290. The Balaban J connectivity index is 1.67. The third-order valence-corrected chi connectivity index (χ3v) is 7.93. The predicted octanol–water partition coefficient (Wildman–Crippen LogP) is 3.94. The molecule has 0 aliphatic rings. The van der Waals surface area contributed by atoms with Crippen LogP contribution in [0.25, 0.3) is 0 Å². The van der Waals surface area contributed by atoms with Crippen molar-refractivity contribution >= 4 is 21.8 Å². The molecule has 0 fully saturated rings. The van der Waals surface area contributed by atoms with Crippen LogP contribution < -0.4 is 5.32 Å².